The standard InChI is InChI=1S/C28H22BrN5O4/c29-21-15-31-34-26(13-22(33-28(21)34)20-6-1-2-7-23(20)35)30-14-18-4-3-5-19(10-18)32-27(36)12-17-8-9-24-25(11-17)38-16-37-24/h1-11,13,15,30,35H,12,14,16H2,(H,32,36). The summed E-state index contributed by atoms with van der Waals surface area (Å²) in [7, 11) is 0. The van der Waals surface area contributed by atoms with Crippen LogP contribution >= 0.6 is 15.9 Å². The second-order valence-corrected chi connectivity index (χ2v) is 9.59. The lowest BCUT2D eigenvalue weighted by atomic mass is 10.1. The van der Waals surface area contributed by atoms with Crippen molar-refractivity contribution >= 4 is 39.0 Å². The Morgan fingerprint density at radius 3 is 2.76 bits per heavy atom. The molecule has 2 aromatic heterocycles. The molecule has 1 amide bonds. The maximum Gasteiger partial charge on any atom is 0.231 e. The Morgan fingerprint density at radius 1 is 1.00 bits per heavy atom. The number of phenolic OH excluding ortho intramolecular Hbond substituents is 1. The predicted molar refractivity (Wildman–Crippen MR) is 146 cm³/mol. The molecular formula is C28H22BrN5O4. The van der Waals surface area contributed by atoms with Crippen LogP contribution in [0, 0.1) is 0 Å². The summed E-state index contributed by atoms with van der Waals surface area (Å²) in [5, 5.41) is 21.1. The van der Waals surface area contributed by atoms with Crippen molar-refractivity contribution in [1.29, 1.82) is 0 Å². The number of nitrogens with one attached hydrogen (secondary N) is 2. The molecule has 0 fully saturated rings. The number of carbonyl (C=O) groups excluding carboxylic acids is 1. The molecule has 0 radical (unpaired) electrons. The number of rotatable bonds is 7. The van der Waals surface area contributed by atoms with E-state index in [2.05, 4.69) is 36.6 Å². The first-order chi connectivity index (χ1) is 18.5. The summed E-state index contributed by atoms with van der Waals surface area (Å²) in [4.78, 5) is 17.4. The van der Waals surface area contributed by atoms with Crippen LogP contribution in [0.15, 0.2) is 83.5 Å². The third-order valence-corrected chi connectivity index (χ3v) is 6.65. The van der Waals surface area contributed by atoms with Crippen LogP contribution in [-0.2, 0) is 17.8 Å². The van der Waals surface area contributed by atoms with Crippen LogP contribution in [-0.4, -0.2) is 32.4 Å². The van der Waals surface area contributed by atoms with Crippen molar-refractivity contribution in [2.24, 2.45) is 0 Å². The van der Waals surface area contributed by atoms with Crippen molar-refractivity contribution < 1.29 is 19.4 Å². The van der Waals surface area contributed by atoms with Gasteiger partial charge >= 0.3 is 0 Å². The number of benzene rings is 3. The number of fused-ring (bicyclic) bond motifs is 2. The minimum Gasteiger partial charge on any atom is -0.507 e. The fourth-order valence-electron chi connectivity index (χ4n) is 4.28. The van der Waals surface area contributed by atoms with Gasteiger partial charge in [-0.2, -0.15) is 9.61 Å². The number of carbonyl (C=O) groups is 1. The molecule has 0 spiro atoms. The van der Waals surface area contributed by atoms with Crippen LogP contribution in [0.3, 0.4) is 0 Å². The third-order valence-electron chi connectivity index (χ3n) is 6.09. The van der Waals surface area contributed by atoms with Gasteiger partial charge in [0.15, 0.2) is 17.1 Å². The van der Waals surface area contributed by atoms with E-state index in [-0.39, 0.29) is 24.9 Å². The zero-order valence-electron chi connectivity index (χ0n) is 20.0. The van der Waals surface area contributed by atoms with Gasteiger partial charge in [-0.1, -0.05) is 30.3 Å². The molecule has 0 saturated heterocycles. The molecule has 0 saturated carbocycles. The SMILES string of the molecule is O=C(Cc1ccc2c(c1)OCO2)Nc1cccc(CNc2cc(-c3ccccc3O)nc3c(Br)cnn23)c1. The Balaban J connectivity index is 1.18. The van der Waals surface area contributed by atoms with Crippen molar-refractivity contribution in [1.82, 2.24) is 14.6 Å². The third kappa shape index (κ3) is 4.85. The van der Waals surface area contributed by atoms with Crippen LogP contribution in [0.4, 0.5) is 11.5 Å². The molecule has 6 rings (SSSR count). The summed E-state index contributed by atoms with van der Waals surface area (Å²) in [5.41, 5.74) is 4.37. The molecule has 0 unspecified atom stereocenters. The quantitative estimate of drug-likeness (QED) is 0.240. The second kappa shape index (κ2) is 10.1. The monoisotopic (exact) mass is 571 g/mol. The number of ether oxygens (including phenoxy) is 2. The normalized spacial score (nSPS) is 12.0. The highest BCUT2D eigenvalue weighted by Gasteiger charge is 2.16. The van der Waals surface area contributed by atoms with E-state index in [1.807, 2.05) is 60.7 Å². The van der Waals surface area contributed by atoms with E-state index >= 15 is 0 Å². The first kappa shape index (κ1) is 23.8. The zero-order valence-corrected chi connectivity index (χ0v) is 21.6. The summed E-state index contributed by atoms with van der Waals surface area (Å²) in [6.07, 6.45) is 1.90. The van der Waals surface area contributed by atoms with Gasteiger partial charge in [-0.3, -0.25) is 4.79 Å². The number of anilines is 2. The Labute approximate surface area is 226 Å². The number of aromatic nitrogens is 3. The van der Waals surface area contributed by atoms with Gasteiger partial charge in [0, 0.05) is 23.9 Å². The van der Waals surface area contributed by atoms with Gasteiger partial charge in [-0.15, -0.1) is 0 Å². The van der Waals surface area contributed by atoms with Crippen molar-refractivity contribution in [3.63, 3.8) is 0 Å². The second-order valence-electron chi connectivity index (χ2n) is 8.74. The Hall–Kier alpha value is -4.57. The minimum atomic E-state index is -0.126. The first-order valence-electron chi connectivity index (χ1n) is 11.9. The van der Waals surface area contributed by atoms with Crippen LogP contribution in [0.5, 0.6) is 17.2 Å². The lowest BCUT2D eigenvalue weighted by Crippen LogP contribution is -2.14. The van der Waals surface area contributed by atoms with Gasteiger partial charge in [0.2, 0.25) is 12.7 Å². The molecule has 0 bridgehead atoms. The number of hydrogen-bond donors (Lipinski definition) is 3. The van der Waals surface area contributed by atoms with Gasteiger partial charge < -0.3 is 25.2 Å². The molecule has 3 aromatic carbocycles. The predicted octanol–water partition coefficient (Wildman–Crippen LogP) is 5.39. The zero-order chi connectivity index (χ0) is 26.1. The van der Waals surface area contributed by atoms with Crippen molar-refractivity contribution in [3.8, 4) is 28.5 Å². The van der Waals surface area contributed by atoms with Gasteiger partial charge in [0.05, 0.1) is 22.8 Å². The number of para-hydroxylation sites is 1. The molecule has 190 valence electrons. The molecular weight excluding hydrogens is 550 g/mol. The summed E-state index contributed by atoms with van der Waals surface area (Å²) < 4.78 is 13.2. The Bertz CT molecular complexity index is 1670. The van der Waals surface area contributed by atoms with Crippen LogP contribution in [0.2, 0.25) is 0 Å². The summed E-state index contributed by atoms with van der Waals surface area (Å²) in [6.45, 7) is 0.674. The van der Waals surface area contributed by atoms with Gasteiger partial charge in [0.1, 0.15) is 11.6 Å². The van der Waals surface area contributed by atoms with Gasteiger partial charge in [-0.05, 0) is 63.5 Å². The van der Waals surface area contributed by atoms with Crippen molar-refractivity contribution in [3.05, 3.63) is 94.6 Å². The van der Waals surface area contributed by atoms with E-state index < -0.39 is 0 Å². The Morgan fingerprint density at radius 2 is 1.87 bits per heavy atom. The van der Waals surface area contributed by atoms with Gasteiger partial charge in [-0.25, -0.2) is 4.98 Å². The highest BCUT2D eigenvalue weighted by Crippen LogP contribution is 2.33. The van der Waals surface area contributed by atoms with Crippen LogP contribution in [0.1, 0.15) is 11.1 Å². The average Bonchev–Trinajstić information content (AvgIpc) is 3.54. The van der Waals surface area contributed by atoms with E-state index in [4.69, 9.17) is 9.47 Å². The minimum absolute atomic E-state index is 0.126. The summed E-state index contributed by atoms with van der Waals surface area (Å²) >= 11 is 3.50. The fraction of sp³-hybridized carbons (Fsp3) is 0.107. The van der Waals surface area contributed by atoms with E-state index in [1.54, 1.807) is 22.8 Å². The fourth-order valence-corrected chi connectivity index (χ4v) is 4.63. The summed E-state index contributed by atoms with van der Waals surface area (Å²) in [5.74, 6) is 2.07. The number of aromatic hydroxyl groups is 1. The molecule has 0 atom stereocenters. The molecule has 5 aromatic rings. The molecule has 10 heteroatoms. The topological polar surface area (TPSA) is 110 Å². The molecule has 0 aliphatic carbocycles. The number of hydrogen-bond acceptors (Lipinski definition) is 7. The average molecular weight is 572 g/mol. The first-order valence-corrected chi connectivity index (χ1v) is 12.7. The molecule has 1 aliphatic heterocycles. The van der Waals surface area contributed by atoms with Crippen molar-refractivity contribution in [2.75, 3.05) is 17.4 Å². The van der Waals surface area contributed by atoms with Gasteiger partial charge in [0.25, 0.3) is 0 Å². The number of nitrogens with zero attached hydrogens (tertiary/aromatic N) is 3. The van der Waals surface area contributed by atoms with E-state index in [9.17, 15) is 9.90 Å². The van der Waals surface area contributed by atoms with E-state index in [0.29, 0.717) is 46.5 Å². The molecule has 1 aliphatic rings. The largest absolute Gasteiger partial charge is 0.507 e. The van der Waals surface area contributed by atoms with Crippen LogP contribution < -0.4 is 20.1 Å². The van der Waals surface area contributed by atoms with Crippen LogP contribution in [0.25, 0.3) is 16.9 Å². The van der Waals surface area contributed by atoms with Crippen molar-refractivity contribution in [2.45, 2.75) is 13.0 Å². The maximum atomic E-state index is 12.7. The molecule has 3 heterocycles. The van der Waals surface area contributed by atoms with E-state index in [0.717, 1.165) is 15.6 Å². The number of halogens is 1. The molecule has 38 heavy (non-hydrogen) atoms. The molecule has 3 N–H and O–H groups in total. The number of phenols is 1. The lowest BCUT2D eigenvalue weighted by Gasteiger charge is -2.13. The summed E-state index contributed by atoms with van der Waals surface area (Å²) in [6, 6.07) is 22.1. The highest BCUT2D eigenvalue weighted by atomic mass is 79.9. The smallest absolute Gasteiger partial charge is 0.231 e. The number of amides is 1. The maximum absolute atomic E-state index is 12.7. The highest BCUT2D eigenvalue weighted by molar-refractivity contribution is 9.10. The lowest BCUT2D eigenvalue weighted by molar-refractivity contribution is -0.115. The van der Waals surface area contributed by atoms with E-state index in [1.165, 1.54) is 0 Å². The molecule has 9 nitrogen and oxygen atoms in total. The Kier molecular flexibility index (Phi) is 6.30.